The topological polar surface area (TPSA) is 59.6 Å². The van der Waals surface area contributed by atoms with Crippen molar-refractivity contribution in [3.05, 3.63) is 126 Å². The maximum absolute atomic E-state index is 13.8. The molecule has 0 unspecified atom stereocenters. The third-order valence-corrected chi connectivity index (χ3v) is 7.07. The van der Waals surface area contributed by atoms with Gasteiger partial charge in [0.25, 0.3) is 0 Å². The average Bonchev–Trinajstić information content (AvgIpc) is 3.11. The summed E-state index contributed by atoms with van der Waals surface area (Å²) in [7, 11) is 1.66. The van der Waals surface area contributed by atoms with Crippen LogP contribution in [0.5, 0.6) is 17.2 Å². The van der Waals surface area contributed by atoms with Gasteiger partial charge in [0.15, 0.2) is 5.78 Å². The first kappa shape index (κ1) is 22.9. The molecule has 0 fully saturated rings. The Morgan fingerprint density at radius 2 is 1.43 bits per heavy atom. The fourth-order valence-corrected chi connectivity index (χ4v) is 5.24. The van der Waals surface area contributed by atoms with Gasteiger partial charge in [0.2, 0.25) is 0 Å². The smallest absolute Gasteiger partial charge is 0.163 e. The number of benzene rings is 4. The second kappa shape index (κ2) is 9.86. The van der Waals surface area contributed by atoms with Gasteiger partial charge in [-0.3, -0.25) is 4.79 Å². The number of carbonyl (C=O) groups excluding carboxylic acids is 1. The summed E-state index contributed by atoms with van der Waals surface area (Å²) in [6.07, 6.45) is 1.21. The van der Waals surface area contributed by atoms with E-state index >= 15 is 0 Å². The van der Waals surface area contributed by atoms with Gasteiger partial charge >= 0.3 is 0 Å². The minimum Gasteiger partial charge on any atom is -0.497 e. The van der Waals surface area contributed by atoms with E-state index in [9.17, 15) is 4.79 Å². The number of ether oxygens (including phenoxy) is 2. The lowest BCUT2D eigenvalue weighted by molar-refractivity contribution is -0.116. The van der Waals surface area contributed by atoms with Crippen LogP contribution in [0.3, 0.4) is 0 Å². The van der Waals surface area contributed by atoms with Gasteiger partial charge in [-0.05, 0) is 72.0 Å². The Labute approximate surface area is 216 Å². The zero-order chi connectivity index (χ0) is 25.2. The molecule has 2 aliphatic rings. The van der Waals surface area contributed by atoms with Gasteiger partial charge in [-0.25, -0.2) is 0 Å². The van der Waals surface area contributed by atoms with E-state index in [0.29, 0.717) is 6.42 Å². The Kier molecular flexibility index (Phi) is 6.11. The second-order valence-corrected chi connectivity index (χ2v) is 9.43. The highest BCUT2D eigenvalue weighted by Gasteiger charge is 2.36. The molecule has 0 radical (unpaired) electrons. The van der Waals surface area contributed by atoms with E-state index in [2.05, 4.69) is 28.8 Å². The number of para-hydroxylation sites is 3. The monoisotopic (exact) mass is 488 g/mol. The molecule has 5 heteroatoms. The number of hydrogen-bond acceptors (Lipinski definition) is 5. The van der Waals surface area contributed by atoms with Crippen LogP contribution in [0.25, 0.3) is 0 Å². The van der Waals surface area contributed by atoms with Crippen molar-refractivity contribution in [2.75, 3.05) is 17.7 Å². The second-order valence-electron chi connectivity index (χ2n) is 9.43. The largest absolute Gasteiger partial charge is 0.497 e. The lowest BCUT2D eigenvalue weighted by Crippen LogP contribution is -2.26. The molecule has 0 amide bonds. The number of ketones is 1. The number of rotatable bonds is 5. The predicted molar refractivity (Wildman–Crippen MR) is 146 cm³/mol. The van der Waals surface area contributed by atoms with Crippen molar-refractivity contribution in [2.45, 2.75) is 24.8 Å². The lowest BCUT2D eigenvalue weighted by atomic mass is 9.78. The molecule has 5 nitrogen and oxygen atoms in total. The summed E-state index contributed by atoms with van der Waals surface area (Å²) in [6.45, 7) is 0. The number of nitrogens with one attached hydrogen (secondary N) is 2. The van der Waals surface area contributed by atoms with Gasteiger partial charge in [0.1, 0.15) is 17.2 Å². The molecule has 0 saturated carbocycles. The Morgan fingerprint density at radius 1 is 0.703 bits per heavy atom. The van der Waals surface area contributed by atoms with E-state index in [1.54, 1.807) is 7.11 Å². The highest BCUT2D eigenvalue weighted by atomic mass is 16.5. The number of hydrogen-bond donors (Lipinski definition) is 2. The van der Waals surface area contributed by atoms with Crippen LogP contribution in [0.4, 0.5) is 11.4 Å². The zero-order valence-corrected chi connectivity index (χ0v) is 20.6. The fourth-order valence-electron chi connectivity index (χ4n) is 5.24. The molecule has 1 aliphatic heterocycles. The number of fused-ring (bicyclic) bond motifs is 1. The Bertz CT molecular complexity index is 1460. The van der Waals surface area contributed by atoms with E-state index in [1.165, 1.54) is 0 Å². The first-order valence-electron chi connectivity index (χ1n) is 12.5. The van der Waals surface area contributed by atoms with Crippen molar-refractivity contribution < 1.29 is 14.3 Å². The van der Waals surface area contributed by atoms with Crippen molar-refractivity contribution in [1.29, 1.82) is 0 Å². The number of carbonyl (C=O) groups is 1. The number of Topliss-reactive ketones (excluding diaryl/α,β-unsaturated/α-hetero) is 1. The summed E-state index contributed by atoms with van der Waals surface area (Å²) in [5.74, 6) is 2.57. The van der Waals surface area contributed by atoms with Gasteiger partial charge in [-0.15, -0.1) is 0 Å². The van der Waals surface area contributed by atoms with Gasteiger partial charge in [-0.2, -0.15) is 0 Å². The van der Waals surface area contributed by atoms with Crippen molar-refractivity contribution >= 4 is 17.2 Å². The normalized spacial score (nSPS) is 18.6. The molecule has 1 heterocycles. The van der Waals surface area contributed by atoms with Crippen LogP contribution in [0.2, 0.25) is 0 Å². The molecular formula is C32H28N2O3. The third kappa shape index (κ3) is 4.68. The van der Waals surface area contributed by atoms with Crippen molar-refractivity contribution in [2.24, 2.45) is 0 Å². The lowest BCUT2D eigenvalue weighted by Gasteiger charge is -2.30. The van der Waals surface area contributed by atoms with Gasteiger partial charge < -0.3 is 20.1 Å². The summed E-state index contributed by atoms with van der Waals surface area (Å²) in [4.78, 5) is 13.8. The van der Waals surface area contributed by atoms with Crippen LogP contribution in [-0.4, -0.2) is 12.9 Å². The predicted octanol–water partition coefficient (Wildman–Crippen LogP) is 7.47. The summed E-state index contributed by atoms with van der Waals surface area (Å²) in [5, 5.41) is 7.26. The van der Waals surface area contributed by atoms with Gasteiger partial charge in [0.05, 0.1) is 24.5 Å². The molecule has 6 rings (SSSR count). The summed E-state index contributed by atoms with van der Waals surface area (Å²) >= 11 is 0. The molecule has 2 N–H and O–H groups in total. The highest BCUT2D eigenvalue weighted by molar-refractivity contribution is 6.01. The van der Waals surface area contributed by atoms with Gasteiger partial charge in [-0.1, -0.05) is 54.6 Å². The number of allylic oxidation sites excluding steroid dienone is 1. The van der Waals surface area contributed by atoms with Crippen molar-refractivity contribution in [3.63, 3.8) is 0 Å². The van der Waals surface area contributed by atoms with Crippen LogP contribution in [0.1, 0.15) is 35.9 Å². The molecule has 0 spiro atoms. The average molecular weight is 489 g/mol. The van der Waals surface area contributed by atoms with E-state index in [0.717, 1.165) is 57.4 Å². The molecule has 0 bridgehead atoms. The molecule has 1 aliphatic carbocycles. The maximum Gasteiger partial charge on any atom is 0.163 e. The summed E-state index contributed by atoms with van der Waals surface area (Å²) in [5.41, 5.74) is 5.81. The first-order chi connectivity index (χ1) is 18.2. The van der Waals surface area contributed by atoms with Crippen LogP contribution in [0, 0.1) is 0 Å². The first-order valence-corrected chi connectivity index (χ1v) is 12.5. The standard InChI is InChI=1S/C32H28N2O3/c1-36-24-16-14-21(15-17-24)23-19-29-31(30(35)20-23)32(34-28-13-6-5-12-27(28)33-29)22-8-7-11-26(18-22)37-25-9-3-2-4-10-25/h2-18,23,32-34H,19-20H2,1H3/t23-,32+/m1/s1. The molecule has 4 aromatic carbocycles. The minimum absolute atomic E-state index is 0.100. The molecule has 0 aromatic heterocycles. The van der Waals surface area contributed by atoms with E-state index in [1.807, 2.05) is 84.9 Å². The number of methoxy groups -OCH3 is 1. The molecule has 37 heavy (non-hydrogen) atoms. The molecule has 0 saturated heterocycles. The summed E-state index contributed by atoms with van der Waals surface area (Å²) < 4.78 is 11.4. The molecule has 2 atom stereocenters. The molecular weight excluding hydrogens is 460 g/mol. The van der Waals surface area contributed by atoms with Gasteiger partial charge in [0, 0.05) is 17.7 Å². The van der Waals surface area contributed by atoms with Crippen LogP contribution in [-0.2, 0) is 4.79 Å². The molecule has 184 valence electrons. The maximum atomic E-state index is 13.8. The Morgan fingerprint density at radius 3 is 2.22 bits per heavy atom. The van der Waals surface area contributed by atoms with E-state index in [-0.39, 0.29) is 17.7 Å². The third-order valence-electron chi connectivity index (χ3n) is 7.07. The number of anilines is 2. The van der Waals surface area contributed by atoms with E-state index in [4.69, 9.17) is 9.47 Å². The van der Waals surface area contributed by atoms with Crippen LogP contribution < -0.4 is 20.1 Å². The Balaban J connectivity index is 1.38. The minimum atomic E-state index is -0.296. The zero-order valence-electron chi connectivity index (χ0n) is 20.6. The highest BCUT2D eigenvalue weighted by Crippen LogP contribution is 2.44. The Hall–Kier alpha value is -4.51. The SMILES string of the molecule is COc1ccc([C@H]2CC(=O)C3=C(C2)Nc2ccccc2N[C@H]3c2cccc(Oc3ccccc3)c2)cc1. The van der Waals surface area contributed by atoms with Crippen molar-refractivity contribution in [3.8, 4) is 17.2 Å². The quantitative estimate of drug-likeness (QED) is 0.305. The summed E-state index contributed by atoms with van der Waals surface area (Å²) in [6, 6.07) is 33.6. The fraction of sp³-hybridized carbons (Fsp3) is 0.156. The van der Waals surface area contributed by atoms with Crippen molar-refractivity contribution in [1.82, 2.24) is 0 Å². The van der Waals surface area contributed by atoms with Crippen LogP contribution >= 0.6 is 0 Å². The van der Waals surface area contributed by atoms with Crippen LogP contribution in [0.15, 0.2) is 114 Å². The van der Waals surface area contributed by atoms with E-state index < -0.39 is 0 Å². The molecule has 4 aromatic rings.